The highest BCUT2D eigenvalue weighted by Crippen LogP contribution is 2.11. The zero-order chi connectivity index (χ0) is 16.3. The molecule has 116 valence electrons. The highest BCUT2D eigenvalue weighted by molar-refractivity contribution is 14.1. The number of nitrogens with one attached hydrogen (secondary N) is 1. The number of carboxylic acids is 1. The summed E-state index contributed by atoms with van der Waals surface area (Å²) in [6.45, 7) is 3.31. The number of carbonyl (C=O) groups is 2. The van der Waals surface area contributed by atoms with Gasteiger partial charge in [-0.15, -0.1) is 0 Å². The molecule has 8 heteroatoms. The Morgan fingerprint density at radius 2 is 1.90 bits per heavy atom. The van der Waals surface area contributed by atoms with Crippen molar-refractivity contribution in [3.05, 3.63) is 42.5 Å². The first-order valence-electron chi connectivity index (χ1n) is 5.74. The molecule has 0 radical (unpaired) electrons. The minimum atomic E-state index is -1.26. The molecule has 1 rings (SSSR count). The molecule has 1 aromatic rings. The smallest absolute Gasteiger partial charge is 0.506 e. The Balaban J connectivity index is 0.000000486. The van der Waals surface area contributed by atoms with E-state index in [9.17, 15) is 9.59 Å². The number of hydrogen-bond acceptors (Lipinski definition) is 5. The molecule has 0 saturated carbocycles. The van der Waals surface area contributed by atoms with E-state index in [1.807, 2.05) is 22.9 Å². The topological polar surface area (TPSA) is 116 Å². The summed E-state index contributed by atoms with van der Waals surface area (Å²) in [5.41, 5.74) is 0.874. The van der Waals surface area contributed by atoms with Crippen molar-refractivity contribution in [1.29, 1.82) is 0 Å². The molecular formula is C13H16INO6. The summed E-state index contributed by atoms with van der Waals surface area (Å²) in [4.78, 5) is 20.2. The summed E-state index contributed by atoms with van der Waals surface area (Å²) in [6, 6.07) is 5.90. The van der Waals surface area contributed by atoms with Crippen LogP contribution in [0.3, 0.4) is 0 Å². The van der Waals surface area contributed by atoms with Gasteiger partial charge in [0, 0.05) is 22.9 Å². The Kier molecular flexibility index (Phi) is 9.98. The van der Waals surface area contributed by atoms with Crippen molar-refractivity contribution >= 4 is 35.0 Å². The van der Waals surface area contributed by atoms with Crippen molar-refractivity contribution in [1.82, 2.24) is 3.53 Å². The standard InChI is InChI=1S/C9H10INO3.C4H6O3/c10-11-8(9(13)14)5-6-1-3-7(12)4-2-6;1-2-3-7-4(5)6/h1-4,8,11-12H,5H2,(H,13,14);2H,1,3H2,(H,5,6). The molecule has 0 aliphatic rings. The van der Waals surface area contributed by atoms with E-state index in [2.05, 4.69) is 14.8 Å². The van der Waals surface area contributed by atoms with Crippen LogP contribution in [0, 0.1) is 0 Å². The molecular weight excluding hydrogens is 393 g/mol. The molecule has 0 aromatic heterocycles. The van der Waals surface area contributed by atoms with Crippen LogP contribution in [0.1, 0.15) is 5.56 Å². The zero-order valence-corrected chi connectivity index (χ0v) is 13.2. The van der Waals surface area contributed by atoms with Gasteiger partial charge in [-0.25, -0.2) is 8.32 Å². The number of ether oxygens (including phenoxy) is 1. The summed E-state index contributed by atoms with van der Waals surface area (Å²) >= 11 is 1.82. The van der Waals surface area contributed by atoms with Crippen LogP contribution < -0.4 is 3.53 Å². The molecule has 0 fully saturated rings. The van der Waals surface area contributed by atoms with Gasteiger partial charge in [0.2, 0.25) is 0 Å². The molecule has 7 nitrogen and oxygen atoms in total. The SMILES string of the molecule is C=CCOC(=O)O.O=C(O)C(Cc1ccc(O)cc1)NI. The number of halogens is 1. The number of carboxylic acid groups (broad SMARTS) is 2. The van der Waals surface area contributed by atoms with Gasteiger partial charge in [0.1, 0.15) is 18.4 Å². The zero-order valence-electron chi connectivity index (χ0n) is 11.0. The van der Waals surface area contributed by atoms with Crippen LogP contribution in [0.5, 0.6) is 5.75 Å². The fraction of sp³-hybridized carbons (Fsp3) is 0.231. The first kappa shape index (κ1) is 19.2. The largest absolute Gasteiger partial charge is 0.508 e. The summed E-state index contributed by atoms with van der Waals surface area (Å²) in [7, 11) is 0. The van der Waals surface area contributed by atoms with Gasteiger partial charge >= 0.3 is 12.1 Å². The average Bonchev–Trinajstić information content (AvgIpc) is 2.44. The van der Waals surface area contributed by atoms with Crippen molar-refractivity contribution < 1.29 is 29.6 Å². The highest BCUT2D eigenvalue weighted by Gasteiger charge is 2.15. The predicted molar refractivity (Wildman–Crippen MR) is 84.6 cm³/mol. The van der Waals surface area contributed by atoms with E-state index in [0.29, 0.717) is 6.42 Å². The summed E-state index contributed by atoms with van der Waals surface area (Å²) in [5.74, 6) is -0.699. The first-order valence-corrected chi connectivity index (χ1v) is 6.82. The normalized spacial score (nSPS) is 10.7. The molecule has 21 heavy (non-hydrogen) atoms. The van der Waals surface area contributed by atoms with E-state index in [1.165, 1.54) is 6.08 Å². The number of aliphatic carboxylic acids is 1. The third kappa shape index (κ3) is 9.68. The monoisotopic (exact) mass is 409 g/mol. The Morgan fingerprint density at radius 1 is 1.33 bits per heavy atom. The van der Waals surface area contributed by atoms with E-state index in [0.717, 1.165) is 5.56 Å². The van der Waals surface area contributed by atoms with Crippen LogP contribution >= 0.6 is 22.9 Å². The minimum Gasteiger partial charge on any atom is -0.508 e. The van der Waals surface area contributed by atoms with Gasteiger partial charge in [0.05, 0.1) is 0 Å². The second-order valence-electron chi connectivity index (χ2n) is 3.74. The molecule has 0 amide bonds. The number of phenolic OH excluding ortho intramolecular Hbond substituents is 1. The third-order valence-corrected chi connectivity index (χ3v) is 2.88. The van der Waals surface area contributed by atoms with Gasteiger partial charge in [-0.3, -0.25) is 4.79 Å². The Bertz CT molecular complexity index is 462. The van der Waals surface area contributed by atoms with Crippen LogP contribution in [0.15, 0.2) is 36.9 Å². The van der Waals surface area contributed by atoms with E-state index in [-0.39, 0.29) is 12.4 Å². The number of hydrogen-bond donors (Lipinski definition) is 4. The van der Waals surface area contributed by atoms with E-state index >= 15 is 0 Å². The van der Waals surface area contributed by atoms with Crippen molar-refractivity contribution in [2.75, 3.05) is 6.61 Å². The van der Waals surface area contributed by atoms with E-state index in [4.69, 9.17) is 15.3 Å². The van der Waals surface area contributed by atoms with Crippen LogP contribution in [0.4, 0.5) is 4.79 Å². The quantitative estimate of drug-likeness (QED) is 0.246. The van der Waals surface area contributed by atoms with Gasteiger partial charge < -0.3 is 20.1 Å². The summed E-state index contributed by atoms with van der Waals surface area (Å²) in [5, 5.41) is 25.6. The predicted octanol–water partition coefficient (Wildman–Crippen LogP) is 2.19. The van der Waals surface area contributed by atoms with Crippen LogP contribution in [-0.4, -0.2) is 40.1 Å². The third-order valence-electron chi connectivity index (χ3n) is 2.13. The molecule has 0 aliphatic heterocycles. The molecule has 0 spiro atoms. The maximum absolute atomic E-state index is 10.7. The van der Waals surface area contributed by atoms with Crippen molar-refractivity contribution in [3.63, 3.8) is 0 Å². The lowest BCUT2D eigenvalue weighted by Gasteiger charge is -2.09. The van der Waals surface area contributed by atoms with Crippen molar-refractivity contribution in [2.24, 2.45) is 0 Å². The first-order chi connectivity index (χ1) is 9.90. The molecule has 1 unspecified atom stereocenters. The molecule has 0 saturated heterocycles. The van der Waals surface area contributed by atoms with Gasteiger partial charge in [-0.05, 0) is 24.1 Å². The summed E-state index contributed by atoms with van der Waals surface area (Å²) in [6.07, 6.45) is 0.507. The van der Waals surface area contributed by atoms with Gasteiger partial charge in [-0.1, -0.05) is 24.8 Å². The van der Waals surface area contributed by atoms with Gasteiger partial charge in [-0.2, -0.15) is 0 Å². The van der Waals surface area contributed by atoms with E-state index in [1.54, 1.807) is 24.3 Å². The lowest BCUT2D eigenvalue weighted by molar-refractivity contribution is -0.138. The van der Waals surface area contributed by atoms with Crippen molar-refractivity contribution in [3.8, 4) is 5.75 Å². The summed E-state index contributed by atoms with van der Waals surface area (Å²) < 4.78 is 6.66. The second kappa shape index (κ2) is 10.9. The number of phenols is 1. The lowest BCUT2D eigenvalue weighted by Crippen LogP contribution is -2.32. The second-order valence-corrected chi connectivity index (χ2v) is 4.36. The molecule has 1 aromatic carbocycles. The Morgan fingerprint density at radius 3 is 2.24 bits per heavy atom. The van der Waals surface area contributed by atoms with Crippen LogP contribution in [0.25, 0.3) is 0 Å². The van der Waals surface area contributed by atoms with Crippen LogP contribution in [-0.2, 0) is 16.0 Å². The Labute approximate surface area is 135 Å². The average molecular weight is 409 g/mol. The fourth-order valence-electron chi connectivity index (χ4n) is 1.17. The molecule has 0 heterocycles. The van der Waals surface area contributed by atoms with Gasteiger partial charge in [0.25, 0.3) is 0 Å². The minimum absolute atomic E-state index is 0.0648. The van der Waals surface area contributed by atoms with Crippen molar-refractivity contribution in [2.45, 2.75) is 12.5 Å². The highest BCUT2D eigenvalue weighted by atomic mass is 127. The van der Waals surface area contributed by atoms with E-state index < -0.39 is 18.2 Å². The number of benzene rings is 1. The maximum Gasteiger partial charge on any atom is 0.506 e. The molecule has 0 aliphatic carbocycles. The number of rotatable bonds is 6. The van der Waals surface area contributed by atoms with Crippen LogP contribution in [0.2, 0.25) is 0 Å². The fourth-order valence-corrected chi connectivity index (χ4v) is 1.66. The molecule has 1 atom stereocenters. The molecule has 4 N–H and O–H groups in total. The lowest BCUT2D eigenvalue weighted by atomic mass is 10.1. The Hall–Kier alpha value is -1.81. The molecule has 0 bridgehead atoms. The maximum atomic E-state index is 10.7. The number of aromatic hydroxyl groups is 1. The van der Waals surface area contributed by atoms with Gasteiger partial charge in [0.15, 0.2) is 0 Å².